The molecule has 0 radical (unpaired) electrons. The minimum atomic E-state index is -3.27. The molecule has 0 unspecified atom stereocenters. The van der Waals surface area contributed by atoms with Crippen LogP contribution < -0.4 is 3.87 Å². The van der Waals surface area contributed by atoms with Crippen molar-refractivity contribution in [2.24, 2.45) is 0 Å². The molecule has 17 heavy (non-hydrogen) atoms. The number of rotatable bonds is 7. The molecule has 1 rings (SSSR count). The zero-order valence-corrected chi connectivity index (χ0v) is 12.7. The van der Waals surface area contributed by atoms with Crippen molar-refractivity contribution in [3.8, 4) is 0 Å². The van der Waals surface area contributed by atoms with E-state index in [2.05, 4.69) is 31.2 Å². The van der Waals surface area contributed by atoms with Gasteiger partial charge in [-0.2, -0.15) is 0 Å². The summed E-state index contributed by atoms with van der Waals surface area (Å²) in [6.45, 7) is 9.86. The molecule has 0 saturated heterocycles. The van der Waals surface area contributed by atoms with Crippen LogP contribution in [0, 0.1) is 6.92 Å². The summed E-state index contributed by atoms with van der Waals surface area (Å²) in [5.74, 6) is 0. The van der Waals surface area contributed by atoms with E-state index in [0.29, 0.717) is 19.8 Å². The molecule has 0 N–H and O–H groups in total. The molecule has 1 aromatic rings. The third-order valence-corrected chi connectivity index (χ3v) is 7.17. The van der Waals surface area contributed by atoms with Gasteiger partial charge in [0, 0.05) is 0 Å². The Labute approximate surface area is 109 Å². The SMILES string of the molecule is CC[O][Ti]([O]CC)([O]CC)[c]1ccc(C)cc1. The molecule has 1 aromatic carbocycles. The van der Waals surface area contributed by atoms with Gasteiger partial charge in [-0.3, -0.25) is 0 Å². The molecule has 0 aliphatic heterocycles. The van der Waals surface area contributed by atoms with Crippen molar-refractivity contribution in [1.29, 1.82) is 0 Å². The zero-order chi connectivity index (χ0) is 12.7. The Kier molecular flexibility index (Phi) is 6.38. The van der Waals surface area contributed by atoms with Gasteiger partial charge in [-0.05, 0) is 0 Å². The Morgan fingerprint density at radius 3 is 1.59 bits per heavy atom. The predicted molar refractivity (Wildman–Crippen MR) is 65.7 cm³/mol. The van der Waals surface area contributed by atoms with Crippen LogP contribution in [0.1, 0.15) is 26.3 Å². The maximum absolute atomic E-state index is 5.88. The van der Waals surface area contributed by atoms with Crippen LogP contribution in [0.4, 0.5) is 0 Å². The van der Waals surface area contributed by atoms with E-state index in [-0.39, 0.29) is 0 Å². The Morgan fingerprint density at radius 2 is 1.24 bits per heavy atom. The number of aryl methyl sites for hydroxylation is 1. The first-order valence-corrected chi connectivity index (χ1v) is 8.86. The molecule has 0 aliphatic rings. The quantitative estimate of drug-likeness (QED) is 0.715. The minimum absolute atomic E-state index is 0.619. The van der Waals surface area contributed by atoms with Gasteiger partial charge in [0.2, 0.25) is 0 Å². The molecule has 0 atom stereocenters. The standard InChI is InChI=1S/C7H7.3C2H5O.Ti/c1-7-5-3-2-4-6-7;3*1-2-3;/h3-6H,1H3;3*2H2,1H3;/q;3*-1;+3. The Hall–Kier alpha value is -0.186. The van der Waals surface area contributed by atoms with Gasteiger partial charge in [-0.25, -0.2) is 0 Å². The van der Waals surface area contributed by atoms with Gasteiger partial charge in [-0.15, -0.1) is 0 Å². The van der Waals surface area contributed by atoms with E-state index in [9.17, 15) is 0 Å². The summed E-state index contributed by atoms with van der Waals surface area (Å²) in [4.78, 5) is 0. The molecule has 4 heteroatoms. The van der Waals surface area contributed by atoms with Crippen LogP contribution in [-0.2, 0) is 27.7 Å². The first kappa shape index (κ1) is 14.9. The van der Waals surface area contributed by atoms with Gasteiger partial charge < -0.3 is 0 Å². The van der Waals surface area contributed by atoms with Gasteiger partial charge in [-0.1, -0.05) is 0 Å². The van der Waals surface area contributed by atoms with Crippen LogP contribution in [0.2, 0.25) is 0 Å². The summed E-state index contributed by atoms with van der Waals surface area (Å²) in [6, 6.07) is 8.28. The topological polar surface area (TPSA) is 27.7 Å². The first-order valence-electron chi connectivity index (χ1n) is 6.17. The van der Waals surface area contributed by atoms with E-state index < -0.39 is 17.8 Å². The Morgan fingerprint density at radius 1 is 0.824 bits per heavy atom. The summed E-state index contributed by atoms with van der Waals surface area (Å²) in [7, 11) is 0. The molecule has 0 spiro atoms. The molecule has 0 amide bonds. The predicted octanol–water partition coefficient (Wildman–Crippen LogP) is 2.63. The molecular formula is C13H22O3Ti. The van der Waals surface area contributed by atoms with Crippen molar-refractivity contribution in [3.05, 3.63) is 29.8 Å². The van der Waals surface area contributed by atoms with Crippen molar-refractivity contribution >= 4 is 3.87 Å². The zero-order valence-electron chi connectivity index (χ0n) is 11.2. The molecular weight excluding hydrogens is 252 g/mol. The Bertz CT molecular complexity index is 307. The Balaban J connectivity index is 3.04. The van der Waals surface area contributed by atoms with Crippen LogP contribution in [-0.4, -0.2) is 19.8 Å². The molecule has 0 fully saturated rings. The monoisotopic (exact) mass is 274 g/mol. The van der Waals surface area contributed by atoms with Crippen LogP contribution in [0.25, 0.3) is 0 Å². The van der Waals surface area contributed by atoms with Crippen molar-refractivity contribution in [3.63, 3.8) is 0 Å². The first-order chi connectivity index (χ1) is 8.18. The number of hydrogen-bond donors (Lipinski definition) is 0. The summed E-state index contributed by atoms with van der Waals surface area (Å²) in [5, 5.41) is 0. The fraction of sp³-hybridized carbons (Fsp3) is 0.538. The summed E-state index contributed by atoms with van der Waals surface area (Å²) < 4.78 is 18.7. The fourth-order valence-electron chi connectivity index (χ4n) is 1.70. The van der Waals surface area contributed by atoms with Crippen molar-refractivity contribution in [2.75, 3.05) is 19.8 Å². The molecule has 0 bridgehead atoms. The van der Waals surface area contributed by atoms with Gasteiger partial charge in [0.25, 0.3) is 0 Å². The summed E-state index contributed by atoms with van der Waals surface area (Å²) in [6.07, 6.45) is 0. The van der Waals surface area contributed by atoms with E-state index >= 15 is 0 Å². The van der Waals surface area contributed by atoms with Gasteiger partial charge >= 0.3 is 109 Å². The molecule has 0 aliphatic carbocycles. The second-order valence-electron chi connectivity index (χ2n) is 3.72. The van der Waals surface area contributed by atoms with E-state index in [0.717, 1.165) is 3.87 Å². The average Bonchev–Trinajstić information content (AvgIpc) is 2.30. The molecule has 0 heterocycles. The normalized spacial score (nSPS) is 11.8. The molecule has 96 valence electrons. The van der Waals surface area contributed by atoms with Crippen molar-refractivity contribution in [2.45, 2.75) is 27.7 Å². The average molecular weight is 274 g/mol. The second kappa shape index (κ2) is 7.29. The molecule has 0 aromatic heterocycles. The fourth-order valence-corrected chi connectivity index (χ4v) is 5.55. The maximum atomic E-state index is 5.88. The second-order valence-corrected chi connectivity index (χ2v) is 7.71. The van der Waals surface area contributed by atoms with Crippen molar-refractivity contribution in [1.82, 2.24) is 0 Å². The van der Waals surface area contributed by atoms with E-state index in [1.807, 2.05) is 20.8 Å². The van der Waals surface area contributed by atoms with Crippen molar-refractivity contribution < 1.29 is 27.7 Å². The molecule has 0 saturated carbocycles. The van der Waals surface area contributed by atoms with E-state index in [1.54, 1.807) is 0 Å². The number of benzene rings is 1. The summed E-state index contributed by atoms with van der Waals surface area (Å²) in [5.41, 5.74) is 1.23. The third kappa shape index (κ3) is 3.90. The van der Waals surface area contributed by atoms with E-state index in [4.69, 9.17) is 9.96 Å². The molecule has 3 nitrogen and oxygen atoms in total. The van der Waals surface area contributed by atoms with Gasteiger partial charge in [0.05, 0.1) is 0 Å². The summed E-state index contributed by atoms with van der Waals surface area (Å²) >= 11 is -3.27. The van der Waals surface area contributed by atoms with Gasteiger partial charge in [0.15, 0.2) is 0 Å². The van der Waals surface area contributed by atoms with Crippen LogP contribution in [0.3, 0.4) is 0 Å². The van der Waals surface area contributed by atoms with Crippen LogP contribution >= 0.6 is 0 Å². The third-order valence-electron chi connectivity index (χ3n) is 2.41. The van der Waals surface area contributed by atoms with E-state index in [1.165, 1.54) is 5.56 Å². The number of hydrogen-bond acceptors (Lipinski definition) is 3. The van der Waals surface area contributed by atoms with Crippen LogP contribution in [0.5, 0.6) is 0 Å². The van der Waals surface area contributed by atoms with Gasteiger partial charge in [0.1, 0.15) is 0 Å². The van der Waals surface area contributed by atoms with Crippen LogP contribution in [0.15, 0.2) is 24.3 Å².